The number of pyridine rings is 1. The van der Waals surface area contributed by atoms with Gasteiger partial charge in [-0.05, 0) is 44.7 Å². The lowest BCUT2D eigenvalue weighted by atomic mass is 10.0. The summed E-state index contributed by atoms with van der Waals surface area (Å²) < 4.78 is 27.2. The normalized spacial score (nSPS) is 29.5. The fourth-order valence-corrected chi connectivity index (χ4v) is 5.28. The Morgan fingerprint density at radius 1 is 1.33 bits per heavy atom. The van der Waals surface area contributed by atoms with Crippen LogP contribution in [0.4, 0.5) is 5.82 Å². The molecule has 2 unspecified atom stereocenters. The Bertz CT molecular complexity index is 588. The summed E-state index contributed by atoms with van der Waals surface area (Å²) in [4.78, 5) is 4.38. The molecule has 6 nitrogen and oxygen atoms in total. The molecule has 0 saturated carbocycles. The van der Waals surface area contributed by atoms with E-state index >= 15 is 0 Å². The third-order valence-corrected chi connectivity index (χ3v) is 6.30. The average Bonchev–Trinajstić information content (AvgIpc) is 2.73. The molecule has 2 N–H and O–H groups in total. The number of rotatable bonds is 4. The van der Waals surface area contributed by atoms with Crippen LogP contribution >= 0.6 is 0 Å². The standard InChI is InChI=1S/C14H21N3O3S/c1-2-15-14-6-5-13(9-16-14)21(19,20)17-10-3-4-11(17)8-12(18)7-10/h5-6,9-12,18H,2-4,7-8H2,1H3,(H,15,16). The van der Waals surface area contributed by atoms with Gasteiger partial charge >= 0.3 is 0 Å². The van der Waals surface area contributed by atoms with E-state index in [2.05, 4.69) is 10.3 Å². The van der Waals surface area contributed by atoms with E-state index in [1.54, 1.807) is 16.4 Å². The molecule has 0 aliphatic carbocycles. The molecule has 7 heteroatoms. The fraction of sp³-hybridized carbons (Fsp3) is 0.643. The second kappa shape index (κ2) is 5.55. The summed E-state index contributed by atoms with van der Waals surface area (Å²) in [5.41, 5.74) is 0. The van der Waals surface area contributed by atoms with Crippen LogP contribution < -0.4 is 5.32 Å². The van der Waals surface area contributed by atoms with Crippen LogP contribution in [0.5, 0.6) is 0 Å². The van der Waals surface area contributed by atoms with Gasteiger partial charge in [0.25, 0.3) is 0 Å². The highest BCUT2D eigenvalue weighted by atomic mass is 32.2. The van der Waals surface area contributed by atoms with Gasteiger partial charge in [0.15, 0.2) is 0 Å². The smallest absolute Gasteiger partial charge is 0.245 e. The van der Waals surface area contributed by atoms with Crippen LogP contribution in [0.15, 0.2) is 23.2 Å². The number of nitrogens with one attached hydrogen (secondary N) is 1. The number of nitrogens with zero attached hydrogens (tertiary/aromatic N) is 2. The Morgan fingerprint density at radius 3 is 2.52 bits per heavy atom. The molecular weight excluding hydrogens is 290 g/mol. The third-order valence-electron chi connectivity index (χ3n) is 4.31. The number of aromatic nitrogens is 1. The van der Waals surface area contributed by atoms with Crippen LogP contribution in [0, 0.1) is 0 Å². The number of aliphatic hydroxyl groups is 1. The Labute approximate surface area is 125 Å². The van der Waals surface area contributed by atoms with Crippen molar-refractivity contribution in [1.82, 2.24) is 9.29 Å². The second-order valence-electron chi connectivity index (χ2n) is 5.75. The molecule has 1 aromatic heterocycles. The average molecular weight is 311 g/mol. The summed E-state index contributed by atoms with van der Waals surface area (Å²) in [6.45, 7) is 2.70. The molecule has 0 spiro atoms. The first kappa shape index (κ1) is 14.7. The molecule has 2 aliphatic heterocycles. The molecular formula is C14H21N3O3S. The van der Waals surface area contributed by atoms with Crippen molar-refractivity contribution in [2.24, 2.45) is 0 Å². The van der Waals surface area contributed by atoms with Crippen molar-refractivity contribution in [3.8, 4) is 0 Å². The van der Waals surface area contributed by atoms with Crippen LogP contribution in [0.3, 0.4) is 0 Å². The van der Waals surface area contributed by atoms with Crippen molar-refractivity contribution in [3.05, 3.63) is 18.3 Å². The summed E-state index contributed by atoms with van der Waals surface area (Å²) in [6.07, 6.45) is 3.80. The Balaban J connectivity index is 1.87. The number of fused-ring (bicyclic) bond motifs is 2. The van der Waals surface area contributed by atoms with Gasteiger partial charge in [0.2, 0.25) is 10.0 Å². The predicted molar refractivity (Wildman–Crippen MR) is 79.5 cm³/mol. The van der Waals surface area contributed by atoms with Crippen LogP contribution in [0.1, 0.15) is 32.6 Å². The van der Waals surface area contributed by atoms with Gasteiger partial charge in [-0.15, -0.1) is 0 Å². The van der Waals surface area contributed by atoms with Crippen LogP contribution in [0.25, 0.3) is 0 Å². The highest BCUT2D eigenvalue weighted by Gasteiger charge is 2.46. The lowest BCUT2D eigenvalue weighted by molar-refractivity contribution is 0.0768. The molecule has 0 amide bonds. The SMILES string of the molecule is CCNc1ccc(S(=O)(=O)N2C3CCC2CC(O)C3)cn1. The number of piperidine rings is 1. The van der Waals surface area contributed by atoms with Gasteiger partial charge in [-0.2, -0.15) is 4.31 Å². The van der Waals surface area contributed by atoms with E-state index in [1.165, 1.54) is 6.20 Å². The summed E-state index contributed by atoms with van der Waals surface area (Å²) in [7, 11) is -3.52. The molecule has 0 radical (unpaired) electrons. The van der Waals surface area contributed by atoms with Gasteiger partial charge in [-0.3, -0.25) is 0 Å². The highest BCUT2D eigenvalue weighted by Crippen LogP contribution is 2.39. The molecule has 2 bridgehead atoms. The van der Waals surface area contributed by atoms with Gasteiger partial charge in [-0.25, -0.2) is 13.4 Å². The first-order valence-corrected chi connectivity index (χ1v) is 8.88. The minimum atomic E-state index is -3.52. The van der Waals surface area contributed by atoms with Crippen molar-refractivity contribution in [3.63, 3.8) is 0 Å². The molecule has 21 heavy (non-hydrogen) atoms. The number of hydrogen-bond donors (Lipinski definition) is 2. The summed E-state index contributed by atoms with van der Waals surface area (Å²) in [6, 6.07) is 3.15. The predicted octanol–water partition coefficient (Wildman–Crippen LogP) is 1.19. The van der Waals surface area contributed by atoms with Gasteiger partial charge < -0.3 is 10.4 Å². The highest BCUT2D eigenvalue weighted by molar-refractivity contribution is 7.89. The zero-order chi connectivity index (χ0) is 15.0. The molecule has 2 atom stereocenters. The van der Waals surface area contributed by atoms with Crippen LogP contribution in [-0.4, -0.2) is 47.5 Å². The van der Waals surface area contributed by atoms with E-state index < -0.39 is 10.0 Å². The number of anilines is 1. The number of hydrogen-bond acceptors (Lipinski definition) is 5. The lowest BCUT2D eigenvalue weighted by Crippen LogP contribution is -2.47. The maximum Gasteiger partial charge on any atom is 0.245 e. The summed E-state index contributed by atoms with van der Waals surface area (Å²) in [5.74, 6) is 0.675. The molecule has 2 aliphatic rings. The van der Waals surface area contributed by atoms with Gasteiger partial charge in [0.1, 0.15) is 10.7 Å². The summed E-state index contributed by atoms with van der Waals surface area (Å²) in [5, 5.41) is 12.8. The van der Waals surface area contributed by atoms with Crippen molar-refractivity contribution in [2.45, 2.75) is 55.7 Å². The first-order valence-electron chi connectivity index (χ1n) is 7.44. The lowest BCUT2D eigenvalue weighted by Gasteiger charge is -2.35. The van der Waals surface area contributed by atoms with Crippen LogP contribution in [0.2, 0.25) is 0 Å². The number of aliphatic hydroxyl groups excluding tert-OH is 1. The second-order valence-corrected chi connectivity index (χ2v) is 7.60. The molecule has 1 aromatic rings. The van der Waals surface area contributed by atoms with Crippen molar-refractivity contribution < 1.29 is 13.5 Å². The maximum absolute atomic E-state index is 12.8. The first-order chi connectivity index (χ1) is 10.0. The van der Waals surface area contributed by atoms with Crippen molar-refractivity contribution in [2.75, 3.05) is 11.9 Å². The Hall–Kier alpha value is -1.18. The van der Waals surface area contributed by atoms with E-state index in [-0.39, 0.29) is 23.1 Å². The van der Waals surface area contributed by atoms with E-state index in [0.29, 0.717) is 18.7 Å². The monoisotopic (exact) mass is 311 g/mol. The van der Waals surface area contributed by atoms with E-state index in [0.717, 1.165) is 19.4 Å². The third kappa shape index (κ3) is 2.65. The van der Waals surface area contributed by atoms with Crippen LogP contribution in [-0.2, 0) is 10.0 Å². The van der Waals surface area contributed by atoms with E-state index in [9.17, 15) is 13.5 Å². The molecule has 0 aromatic carbocycles. The number of sulfonamides is 1. The molecule has 2 saturated heterocycles. The molecule has 116 valence electrons. The van der Waals surface area contributed by atoms with Crippen molar-refractivity contribution >= 4 is 15.8 Å². The van der Waals surface area contributed by atoms with E-state index in [1.807, 2.05) is 6.92 Å². The topological polar surface area (TPSA) is 82.5 Å². The molecule has 3 rings (SSSR count). The zero-order valence-electron chi connectivity index (χ0n) is 12.1. The molecule has 2 fully saturated rings. The zero-order valence-corrected chi connectivity index (χ0v) is 12.9. The largest absolute Gasteiger partial charge is 0.393 e. The minimum absolute atomic E-state index is 0.0720. The molecule has 3 heterocycles. The van der Waals surface area contributed by atoms with Gasteiger partial charge in [0, 0.05) is 24.8 Å². The Morgan fingerprint density at radius 2 is 2.00 bits per heavy atom. The van der Waals surface area contributed by atoms with Crippen molar-refractivity contribution in [1.29, 1.82) is 0 Å². The maximum atomic E-state index is 12.8. The summed E-state index contributed by atoms with van der Waals surface area (Å²) >= 11 is 0. The van der Waals surface area contributed by atoms with E-state index in [4.69, 9.17) is 0 Å². The Kier molecular flexibility index (Phi) is 3.90. The van der Waals surface area contributed by atoms with Gasteiger partial charge in [-0.1, -0.05) is 0 Å². The van der Waals surface area contributed by atoms with Gasteiger partial charge in [0.05, 0.1) is 6.10 Å². The quantitative estimate of drug-likeness (QED) is 0.873. The fourth-order valence-electron chi connectivity index (χ4n) is 3.44. The minimum Gasteiger partial charge on any atom is -0.393 e.